The molecule has 4 heteroatoms. The standard InChI is InChI=1S/C13H23N2OS/c1-13(2)10-17-11-15(13)9-12(16)14-7-5-3-4-6-8-14/h11H,3-10H2,1-2H3/q+1. The van der Waals surface area contributed by atoms with Crippen molar-refractivity contribution in [3.8, 4) is 0 Å². The third-order valence-electron chi connectivity index (χ3n) is 3.68. The predicted molar refractivity (Wildman–Crippen MR) is 72.8 cm³/mol. The van der Waals surface area contributed by atoms with Crippen molar-refractivity contribution in [2.24, 2.45) is 0 Å². The van der Waals surface area contributed by atoms with Gasteiger partial charge in [-0.05, 0) is 12.8 Å². The van der Waals surface area contributed by atoms with Gasteiger partial charge in [-0.2, -0.15) is 0 Å². The van der Waals surface area contributed by atoms with E-state index in [4.69, 9.17) is 0 Å². The van der Waals surface area contributed by atoms with Gasteiger partial charge < -0.3 is 4.90 Å². The Bertz CT molecular complexity index is 317. The number of nitrogens with zero attached hydrogens (tertiary/aromatic N) is 2. The van der Waals surface area contributed by atoms with Gasteiger partial charge in [-0.25, -0.2) is 4.58 Å². The van der Waals surface area contributed by atoms with E-state index in [0.717, 1.165) is 18.8 Å². The quantitative estimate of drug-likeness (QED) is 0.704. The molecular formula is C13H23N2OS+. The van der Waals surface area contributed by atoms with Gasteiger partial charge in [0.05, 0.1) is 5.75 Å². The molecule has 0 aliphatic carbocycles. The molecule has 2 aliphatic rings. The Balaban J connectivity index is 1.92. The minimum Gasteiger partial charge on any atom is -0.337 e. The molecule has 0 aromatic carbocycles. The molecule has 17 heavy (non-hydrogen) atoms. The van der Waals surface area contributed by atoms with Crippen molar-refractivity contribution in [2.45, 2.75) is 45.1 Å². The van der Waals surface area contributed by atoms with Crippen LogP contribution in [-0.4, -0.2) is 51.9 Å². The highest BCUT2D eigenvalue weighted by atomic mass is 32.2. The second-order valence-electron chi connectivity index (χ2n) is 5.65. The van der Waals surface area contributed by atoms with Gasteiger partial charge in [0, 0.05) is 26.9 Å². The van der Waals surface area contributed by atoms with Crippen LogP contribution in [0.25, 0.3) is 0 Å². The highest BCUT2D eigenvalue weighted by molar-refractivity contribution is 8.12. The number of amides is 1. The molecule has 0 spiro atoms. The summed E-state index contributed by atoms with van der Waals surface area (Å²) in [5, 5.41) is 0. The molecule has 0 aromatic rings. The summed E-state index contributed by atoms with van der Waals surface area (Å²) in [6.45, 7) is 6.89. The third-order valence-corrected chi connectivity index (χ3v) is 4.96. The van der Waals surface area contributed by atoms with Crippen LogP contribution < -0.4 is 0 Å². The lowest BCUT2D eigenvalue weighted by atomic mass is 10.1. The van der Waals surface area contributed by atoms with Crippen molar-refractivity contribution < 1.29 is 9.37 Å². The molecule has 0 atom stereocenters. The first-order chi connectivity index (χ1) is 8.09. The van der Waals surface area contributed by atoms with E-state index < -0.39 is 0 Å². The number of carbonyl (C=O) groups excluding carboxylic acids is 1. The molecule has 0 N–H and O–H groups in total. The normalized spacial score (nSPS) is 24.4. The fourth-order valence-electron chi connectivity index (χ4n) is 2.37. The molecule has 2 rings (SSSR count). The average molecular weight is 255 g/mol. The summed E-state index contributed by atoms with van der Waals surface area (Å²) in [6, 6.07) is 0. The Morgan fingerprint density at radius 3 is 2.47 bits per heavy atom. The van der Waals surface area contributed by atoms with Gasteiger partial charge in [-0.3, -0.25) is 4.79 Å². The van der Waals surface area contributed by atoms with Crippen LogP contribution in [0.2, 0.25) is 0 Å². The van der Waals surface area contributed by atoms with Gasteiger partial charge in [0.2, 0.25) is 6.54 Å². The highest BCUT2D eigenvalue weighted by Crippen LogP contribution is 2.22. The maximum Gasteiger partial charge on any atom is 0.288 e. The monoisotopic (exact) mass is 255 g/mol. The van der Waals surface area contributed by atoms with E-state index in [-0.39, 0.29) is 5.54 Å². The molecule has 2 aliphatic heterocycles. The molecule has 1 amide bonds. The first-order valence-electron chi connectivity index (χ1n) is 6.59. The minimum absolute atomic E-state index is 0.131. The summed E-state index contributed by atoms with van der Waals surface area (Å²) in [7, 11) is 0. The van der Waals surface area contributed by atoms with Gasteiger partial charge in [-0.1, -0.05) is 24.6 Å². The Labute approximate surface area is 108 Å². The van der Waals surface area contributed by atoms with Crippen molar-refractivity contribution in [3.63, 3.8) is 0 Å². The fourth-order valence-corrected chi connectivity index (χ4v) is 3.56. The van der Waals surface area contributed by atoms with Gasteiger partial charge in [0.1, 0.15) is 0 Å². The van der Waals surface area contributed by atoms with E-state index in [1.807, 2.05) is 11.8 Å². The van der Waals surface area contributed by atoms with E-state index >= 15 is 0 Å². The maximum atomic E-state index is 12.2. The number of rotatable bonds is 2. The minimum atomic E-state index is 0.131. The fraction of sp³-hybridized carbons (Fsp3) is 0.846. The molecule has 0 aromatic heterocycles. The van der Waals surface area contributed by atoms with Crippen LogP contribution >= 0.6 is 11.8 Å². The summed E-state index contributed by atoms with van der Waals surface area (Å²) in [5.41, 5.74) is 2.25. The maximum absolute atomic E-state index is 12.2. The number of hydrogen-bond donors (Lipinski definition) is 0. The zero-order valence-electron chi connectivity index (χ0n) is 10.9. The molecule has 2 heterocycles. The lowest BCUT2D eigenvalue weighted by Crippen LogP contribution is -2.43. The van der Waals surface area contributed by atoms with E-state index in [1.54, 1.807) is 0 Å². The van der Waals surface area contributed by atoms with Gasteiger partial charge >= 0.3 is 0 Å². The average Bonchev–Trinajstić information content (AvgIpc) is 2.54. The lowest BCUT2D eigenvalue weighted by molar-refractivity contribution is -0.576. The Hall–Kier alpha value is -0.510. The smallest absolute Gasteiger partial charge is 0.288 e. The van der Waals surface area contributed by atoms with E-state index in [0.29, 0.717) is 12.5 Å². The largest absolute Gasteiger partial charge is 0.337 e. The third kappa shape index (κ3) is 3.24. The first-order valence-corrected chi connectivity index (χ1v) is 7.64. The molecule has 96 valence electrons. The Morgan fingerprint density at radius 1 is 1.29 bits per heavy atom. The molecule has 0 radical (unpaired) electrons. The molecule has 3 nitrogen and oxygen atoms in total. The van der Waals surface area contributed by atoms with Crippen LogP contribution in [0, 0.1) is 0 Å². The molecule has 0 unspecified atom stereocenters. The molecule has 0 saturated carbocycles. The van der Waals surface area contributed by atoms with Gasteiger partial charge in [0.15, 0.2) is 11.1 Å². The summed E-state index contributed by atoms with van der Waals surface area (Å²) in [5.74, 6) is 1.39. The Kier molecular flexibility index (Phi) is 4.13. The molecule has 1 saturated heterocycles. The summed E-state index contributed by atoms with van der Waals surface area (Å²) in [6.07, 6.45) is 4.91. The molecule has 0 bridgehead atoms. The second-order valence-corrected chi connectivity index (χ2v) is 6.48. The van der Waals surface area contributed by atoms with Crippen LogP contribution in [0.4, 0.5) is 0 Å². The zero-order chi connectivity index (χ0) is 12.3. The van der Waals surface area contributed by atoms with Crippen molar-refractivity contribution in [1.29, 1.82) is 0 Å². The van der Waals surface area contributed by atoms with Crippen LogP contribution in [0.3, 0.4) is 0 Å². The van der Waals surface area contributed by atoms with Crippen LogP contribution in [0.15, 0.2) is 0 Å². The molecule has 1 fully saturated rings. The number of likely N-dealkylation sites (tertiary alicyclic amines) is 1. The first kappa shape index (κ1) is 12.9. The van der Waals surface area contributed by atoms with Crippen molar-refractivity contribution >= 4 is 23.2 Å². The summed E-state index contributed by atoms with van der Waals surface area (Å²) >= 11 is 1.81. The van der Waals surface area contributed by atoms with Crippen LogP contribution in [0.5, 0.6) is 0 Å². The topological polar surface area (TPSA) is 23.3 Å². The van der Waals surface area contributed by atoms with Crippen molar-refractivity contribution in [2.75, 3.05) is 25.4 Å². The van der Waals surface area contributed by atoms with E-state index in [2.05, 4.69) is 28.9 Å². The van der Waals surface area contributed by atoms with Crippen LogP contribution in [-0.2, 0) is 4.79 Å². The SMILES string of the molecule is CC1(C)CSC=[N+]1CC(=O)N1CCCCCC1. The van der Waals surface area contributed by atoms with Gasteiger partial charge in [0.25, 0.3) is 5.91 Å². The van der Waals surface area contributed by atoms with Crippen molar-refractivity contribution in [3.05, 3.63) is 0 Å². The van der Waals surface area contributed by atoms with Crippen molar-refractivity contribution in [1.82, 2.24) is 4.90 Å². The summed E-state index contributed by atoms with van der Waals surface area (Å²) < 4.78 is 2.20. The number of hydrogen-bond acceptors (Lipinski definition) is 2. The van der Waals surface area contributed by atoms with E-state index in [1.165, 1.54) is 25.7 Å². The molecular weight excluding hydrogens is 232 g/mol. The zero-order valence-corrected chi connectivity index (χ0v) is 11.8. The highest BCUT2D eigenvalue weighted by Gasteiger charge is 2.37. The van der Waals surface area contributed by atoms with Crippen LogP contribution in [0.1, 0.15) is 39.5 Å². The second kappa shape index (κ2) is 5.42. The summed E-state index contributed by atoms with van der Waals surface area (Å²) in [4.78, 5) is 14.3. The lowest BCUT2D eigenvalue weighted by Gasteiger charge is -2.21. The van der Waals surface area contributed by atoms with Gasteiger partial charge in [-0.15, -0.1) is 0 Å². The predicted octanol–water partition coefficient (Wildman–Crippen LogP) is 1.96. The Morgan fingerprint density at radius 2 is 1.94 bits per heavy atom. The van der Waals surface area contributed by atoms with E-state index in [9.17, 15) is 4.79 Å². The number of thioether (sulfide) groups is 1. The number of carbonyl (C=O) groups is 1.